The smallest absolute Gasteiger partial charge is 0.303 e. The first-order valence-electron chi connectivity index (χ1n) is 6.68. The first-order valence-corrected chi connectivity index (χ1v) is 6.68. The summed E-state index contributed by atoms with van der Waals surface area (Å²) in [6.45, 7) is 3.25. The Kier molecular flexibility index (Phi) is 4.22. The highest BCUT2D eigenvalue weighted by molar-refractivity contribution is 5.67. The molecule has 3 nitrogen and oxygen atoms in total. The van der Waals surface area contributed by atoms with E-state index in [0.717, 1.165) is 19.0 Å². The Morgan fingerprint density at radius 1 is 1.06 bits per heavy atom. The zero-order chi connectivity index (χ0) is 11.4. The quantitative estimate of drug-likeness (QED) is 0.747. The topological polar surface area (TPSA) is 40.5 Å². The fourth-order valence-electron chi connectivity index (χ4n) is 3.11. The lowest BCUT2D eigenvalue weighted by molar-refractivity contribution is -0.139. The highest BCUT2D eigenvalue weighted by atomic mass is 16.4. The second-order valence-electron chi connectivity index (χ2n) is 5.54. The standard InChI is InChI=1S/C13H23NO2/c15-13(16)7-12-9-14(10-12)8-11-5-3-1-2-4-6-11/h11-12H,1-10H2,(H,15,16). The van der Waals surface area contributed by atoms with E-state index in [0.29, 0.717) is 12.3 Å². The van der Waals surface area contributed by atoms with Crippen LogP contribution in [0.25, 0.3) is 0 Å². The molecule has 1 aliphatic carbocycles. The molecule has 0 radical (unpaired) electrons. The third-order valence-corrected chi connectivity index (χ3v) is 3.99. The molecule has 0 bridgehead atoms. The van der Waals surface area contributed by atoms with Gasteiger partial charge in [-0.1, -0.05) is 25.7 Å². The summed E-state index contributed by atoms with van der Waals surface area (Å²) in [4.78, 5) is 13.0. The highest BCUT2D eigenvalue weighted by Crippen LogP contribution is 2.27. The van der Waals surface area contributed by atoms with Crippen molar-refractivity contribution >= 4 is 5.97 Å². The zero-order valence-corrected chi connectivity index (χ0v) is 10.0. The molecular formula is C13H23NO2. The zero-order valence-electron chi connectivity index (χ0n) is 10.0. The highest BCUT2D eigenvalue weighted by Gasteiger charge is 2.29. The van der Waals surface area contributed by atoms with Crippen molar-refractivity contribution in [2.24, 2.45) is 11.8 Å². The molecule has 0 spiro atoms. The molecule has 0 aromatic rings. The van der Waals surface area contributed by atoms with Crippen molar-refractivity contribution in [2.45, 2.75) is 44.9 Å². The van der Waals surface area contributed by atoms with Gasteiger partial charge < -0.3 is 10.0 Å². The van der Waals surface area contributed by atoms with Crippen LogP contribution in [0.15, 0.2) is 0 Å². The van der Waals surface area contributed by atoms with Gasteiger partial charge >= 0.3 is 5.97 Å². The molecule has 92 valence electrons. The third-order valence-electron chi connectivity index (χ3n) is 3.99. The summed E-state index contributed by atoms with van der Waals surface area (Å²) in [6, 6.07) is 0. The van der Waals surface area contributed by atoms with Gasteiger partial charge in [-0.15, -0.1) is 0 Å². The minimum absolute atomic E-state index is 0.362. The Morgan fingerprint density at radius 2 is 1.69 bits per heavy atom. The number of likely N-dealkylation sites (tertiary alicyclic amines) is 1. The predicted molar refractivity (Wildman–Crippen MR) is 63.4 cm³/mol. The molecule has 1 heterocycles. The number of carbonyl (C=O) groups is 1. The van der Waals surface area contributed by atoms with E-state index >= 15 is 0 Å². The van der Waals surface area contributed by atoms with Crippen molar-refractivity contribution in [3.05, 3.63) is 0 Å². The molecule has 1 saturated heterocycles. The molecule has 1 saturated carbocycles. The monoisotopic (exact) mass is 225 g/mol. The van der Waals surface area contributed by atoms with E-state index in [1.807, 2.05) is 0 Å². The normalized spacial score (nSPS) is 25.0. The number of hydrogen-bond acceptors (Lipinski definition) is 2. The maximum atomic E-state index is 10.5. The first-order chi connectivity index (χ1) is 7.74. The van der Waals surface area contributed by atoms with Gasteiger partial charge in [0.25, 0.3) is 0 Å². The third kappa shape index (κ3) is 3.48. The van der Waals surface area contributed by atoms with Crippen LogP contribution >= 0.6 is 0 Å². The van der Waals surface area contributed by atoms with Gasteiger partial charge in [0.2, 0.25) is 0 Å². The van der Waals surface area contributed by atoms with Crippen molar-refractivity contribution in [1.82, 2.24) is 4.90 Å². The van der Waals surface area contributed by atoms with Crippen LogP contribution in [0.1, 0.15) is 44.9 Å². The molecule has 1 aliphatic heterocycles. The molecule has 1 N–H and O–H groups in total. The van der Waals surface area contributed by atoms with E-state index in [-0.39, 0.29) is 0 Å². The van der Waals surface area contributed by atoms with Gasteiger partial charge in [0.05, 0.1) is 6.42 Å². The molecular weight excluding hydrogens is 202 g/mol. The summed E-state index contributed by atoms with van der Waals surface area (Å²) < 4.78 is 0. The molecule has 16 heavy (non-hydrogen) atoms. The minimum atomic E-state index is -0.640. The Balaban J connectivity index is 1.62. The molecule has 2 aliphatic rings. The Bertz CT molecular complexity index is 228. The molecule has 2 rings (SSSR count). The lowest BCUT2D eigenvalue weighted by Gasteiger charge is -2.40. The number of nitrogens with zero attached hydrogens (tertiary/aromatic N) is 1. The van der Waals surface area contributed by atoms with Crippen LogP contribution in [0.4, 0.5) is 0 Å². The van der Waals surface area contributed by atoms with Crippen LogP contribution in [0.2, 0.25) is 0 Å². The Hall–Kier alpha value is -0.570. The summed E-state index contributed by atoms with van der Waals surface area (Å²) in [5.74, 6) is 0.663. The summed E-state index contributed by atoms with van der Waals surface area (Å²) in [6.07, 6.45) is 8.77. The molecule has 0 aromatic heterocycles. The van der Waals surface area contributed by atoms with E-state index in [4.69, 9.17) is 5.11 Å². The average molecular weight is 225 g/mol. The maximum absolute atomic E-state index is 10.5. The number of aliphatic carboxylic acids is 1. The molecule has 3 heteroatoms. The van der Waals surface area contributed by atoms with Gasteiger partial charge in [-0.25, -0.2) is 0 Å². The lowest BCUT2D eigenvalue weighted by atomic mass is 9.92. The number of carboxylic acids is 1. The second-order valence-corrected chi connectivity index (χ2v) is 5.54. The average Bonchev–Trinajstić information content (AvgIpc) is 2.42. The van der Waals surface area contributed by atoms with Gasteiger partial charge in [0.1, 0.15) is 0 Å². The maximum Gasteiger partial charge on any atom is 0.303 e. The molecule has 0 atom stereocenters. The van der Waals surface area contributed by atoms with Crippen molar-refractivity contribution in [3.63, 3.8) is 0 Å². The summed E-state index contributed by atoms with van der Waals surface area (Å²) in [5, 5.41) is 8.68. The van der Waals surface area contributed by atoms with Crippen molar-refractivity contribution < 1.29 is 9.90 Å². The van der Waals surface area contributed by atoms with Gasteiger partial charge in [-0.2, -0.15) is 0 Å². The summed E-state index contributed by atoms with van der Waals surface area (Å²) in [5.41, 5.74) is 0. The van der Waals surface area contributed by atoms with E-state index in [2.05, 4.69) is 4.90 Å². The predicted octanol–water partition coefficient (Wildman–Crippen LogP) is 2.36. The van der Waals surface area contributed by atoms with E-state index in [9.17, 15) is 4.79 Å². The Morgan fingerprint density at radius 3 is 2.25 bits per heavy atom. The molecule has 2 fully saturated rings. The lowest BCUT2D eigenvalue weighted by Crippen LogP contribution is -2.49. The van der Waals surface area contributed by atoms with Crippen LogP contribution in [0.3, 0.4) is 0 Å². The SMILES string of the molecule is O=C(O)CC1CN(CC2CCCCCC2)C1. The van der Waals surface area contributed by atoms with Crippen molar-refractivity contribution in [1.29, 1.82) is 0 Å². The van der Waals surface area contributed by atoms with Crippen molar-refractivity contribution in [3.8, 4) is 0 Å². The van der Waals surface area contributed by atoms with Gasteiger partial charge in [-0.3, -0.25) is 4.79 Å². The van der Waals surface area contributed by atoms with Crippen LogP contribution in [0, 0.1) is 11.8 Å². The second kappa shape index (κ2) is 5.67. The molecule has 0 aromatic carbocycles. The fraction of sp³-hybridized carbons (Fsp3) is 0.923. The van der Waals surface area contributed by atoms with Crippen LogP contribution in [-0.2, 0) is 4.79 Å². The van der Waals surface area contributed by atoms with Crippen LogP contribution < -0.4 is 0 Å². The van der Waals surface area contributed by atoms with Gasteiger partial charge in [0.15, 0.2) is 0 Å². The van der Waals surface area contributed by atoms with Crippen LogP contribution in [0.5, 0.6) is 0 Å². The molecule has 0 amide bonds. The van der Waals surface area contributed by atoms with Crippen molar-refractivity contribution in [2.75, 3.05) is 19.6 Å². The van der Waals surface area contributed by atoms with E-state index < -0.39 is 5.97 Å². The van der Waals surface area contributed by atoms with Gasteiger partial charge in [-0.05, 0) is 24.7 Å². The number of rotatable bonds is 4. The fourth-order valence-corrected chi connectivity index (χ4v) is 3.11. The van der Waals surface area contributed by atoms with Crippen LogP contribution in [-0.4, -0.2) is 35.6 Å². The van der Waals surface area contributed by atoms with E-state index in [1.165, 1.54) is 45.1 Å². The number of carboxylic acid groups (broad SMARTS) is 1. The van der Waals surface area contributed by atoms with E-state index in [1.54, 1.807) is 0 Å². The van der Waals surface area contributed by atoms with Gasteiger partial charge in [0, 0.05) is 19.6 Å². The minimum Gasteiger partial charge on any atom is -0.481 e. The largest absolute Gasteiger partial charge is 0.481 e. The first kappa shape index (κ1) is 11.9. The Labute approximate surface area is 97.8 Å². The number of hydrogen-bond donors (Lipinski definition) is 1. The summed E-state index contributed by atoms with van der Waals surface area (Å²) in [7, 11) is 0. The molecule has 0 unspecified atom stereocenters. The summed E-state index contributed by atoms with van der Waals surface area (Å²) >= 11 is 0.